The zero-order valence-corrected chi connectivity index (χ0v) is 17.5. The van der Waals surface area contributed by atoms with Crippen molar-refractivity contribution in [3.8, 4) is 0 Å². The molecule has 5 heteroatoms. The Bertz CT molecular complexity index is 846. The van der Waals surface area contributed by atoms with Crippen molar-refractivity contribution in [1.82, 2.24) is 0 Å². The third-order valence-electron chi connectivity index (χ3n) is 8.21. The van der Waals surface area contributed by atoms with Gasteiger partial charge in [0.15, 0.2) is 0 Å². The minimum absolute atomic E-state index is 0. The third-order valence-corrected chi connectivity index (χ3v) is 8.21. The number of hydrogen-bond acceptors (Lipinski definition) is 5. The molecule has 0 amide bonds. The number of aliphatic hydroxyl groups is 2. The molecule has 3 heterocycles. The van der Waals surface area contributed by atoms with Gasteiger partial charge >= 0.3 is 0 Å². The average molecular weight is 391 g/mol. The summed E-state index contributed by atoms with van der Waals surface area (Å²) in [6.45, 7) is 10.5. The number of aliphatic hydroxyl groups excluding tert-OH is 2. The van der Waals surface area contributed by atoms with Crippen molar-refractivity contribution in [1.29, 1.82) is 0 Å². The van der Waals surface area contributed by atoms with Crippen LogP contribution in [0.1, 0.15) is 71.7 Å². The van der Waals surface area contributed by atoms with Gasteiger partial charge in [0.05, 0.1) is 12.4 Å². The molecule has 0 radical (unpaired) electrons. The largest absolute Gasteiger partial charge is 0.466 e. The van der Waals surface area contributed by atoms with Gasteiger partial charge in [-0.1, -0.05) is 40.7 Å². The monoisotopic (exact) mass is 390 g/mol. The van der Waals surface area contributed by atoms with Crippen LogP contribution >= 0.6 is 0 Å². The second kappa shape index (κ2) is 5.72. The fraction of sp³-hybridized carbons (Fsp3) is 0.739. The van der Waals surface area contributed by atoms with Gasteiger partial charge in [-0.15, -0.1) is 0 Å². The van der Waals surface area contributed by atoms with Crippen molar-refractivity contribution in [2.45, 2.75) is 95.9 Å². The molecule has 2 N–H and O–H groups in total. The van der Waals surface area contributed by atoms with E-state index < -0.39 is 17.3 Å². The molecule has 5 aliphatic rings. The fourth-order valence-electron chi connectivity index (χ4n) is 6.63. The predicted molar refractivity (Wildman–Crippen MR) is 106 cm³/mol. The van der Waals surface area contributed by atoms with Crippen LogP contribution in [0, 0.1) is 11.3 Å². The minimum atomic E-state index is -0.596. The third kappa shape index (κ3) is 1.92. The summed E-state index contributed by atoms with van der Waals surface area (Å²) in [4.78, 5) is 0. The Morgan fingerprint density at radius 2 is 2.04 bits per heavy atom. The van der Waals surface area contributed by atoms with Gasteiger partial charge in [-0.05, 0) is 53.2 Å². The van der Waals surface area contributed by atoms with Crippen molar-refractivity contribution >= 4 is 0 Å². The second-order valence-electron chi connectivity index (χ2n) is 9.39. The van der Waals surface area contributed by atoms with Crippen LogP contribution in [0.15, 0.2) is 22.3 Å². The molecule has 1 spiro atoms. The van der Waals surface area contributed by atoms with E-state index in [9.17, 15) is 10.2 Å². The predicted octanol–water partition coefficient (Wildman–Crippen LogP) is 3.72. The first-order chi connectivity index (χ1) is 13.4. The summed E-state index contributed by atoms with van der Waals surface area (Å²) in [6.07, 6.45) is 6.32. The Morgan fingerprint density at radius 1 is 1.29 bits per heavy atom. The fourth-order valence-corrected chi connectivity index (χ4v) is 6.63. The van der Waals surface area contributed by atoms with E-state index in [2.05, 4.69) is 26.8 Å². The van der Waals surface area contributed by atoms with Gasteiger partial charge in [-0.3, -0.25) is 0 Å². The second-order valence-corrected chi connectivity index (χ2v) is 9.39. The minimum Gasteiger partial charge on any atom is -0.466 e. The topological polar surface area (TPSA) is 78.7 Å². The van der Waals surface area contributed by atoms with Gasteiger partial charge in [0, 0.05) is 1.43 Å². The summed E-state index contributed by atoms with van der Waals surface area (Å²) in [5, 5.41) is 20.9. The number of rotatable bonds is 2. The lowest BCUT2D eigenvalue weighted by Gasteiger charge is -2.50. The van der Waals surface area contributed by atoms with E-state index in [-0.39, 0.29) is 31.6 Å². The van der Waals surface area contributed by atoms with Gasteiger partial charge in [-0.2, -0.15) is 0 Å². The number of epoxide rings is 2. The molecule has 2 saturated heterocycles. The highest BCUT2D eigenvalue weighted by molar-refractivity contribution is 5.53. The maximum absolute atomic E-state index is 11.3. The van der Waals surface area contributed by atoms with Crippen molar-refractivity contribution in [3.63, 3.8) is 0 Å². The number of furan rings is 1. The first kappa shape index (κ1) is 18.9. The van der Waals surface area contributed by atoms with Crippen LogP contribution in [0.2, 0.25) is 0 Å². The smallest absolute Gasteiger partial charge is 0.145 e. The molecule has 6 rings (SSSR count). The highest BCUT2D eigenvalue weighted by Crippen LogP contribution is 2.72. The molecular formula is C23H34O5. The van der Waals surface area contributed by atoms with Gasteiger partial charge < -0.3 is 24.1 Å². The molecule has 3 fully saturated rings. The SMILES string of the molecule is CC.CC(C)C12OC1C=C1C3(C)CCc4c(coc4CO)C3CC3OC13C2O.[HH]. The van der Waals surface area contributed by atoms with E-state index in [1.807, 2.05) is 20.1 Å². The standard InChI is InChI=1S/C21H26O5.C2H6.H2/c1-10(2)20-17(25-20)7-15-19(3)5-4-11-12(9-24-14(11)8-22)13(19)6-16-21(15,26-16)18(20)23;1-2;/h7,9-10,13,16-18,22-23H,4-6,8H2,1-3H3;1-2H3;1H. The molecule has 7 unspecified atom stereocenters. The van der Waals surface area contributed by atoms with Crippen LogP contribution in [0.25, 0.3) is 0 Å². The van der Waals surface area contributed by atoms with Crippen LogP contribution < -0.4 is 0 Å². The lowest BCUT2D eigenvalue weighted by molar-refractivity contribution is -0.0114. The molecule has 5 nitrogen and oxygen atoms in total. The van der Waals surface area contributed by atoms with Crippen molar-refractivity contribution in [2.24, 2.45) is 11.3 Å². The van der Waals surface area contributed by atoms with Crippen molar-refractivity contribution in [3.05, 3.63) is 34.8 Å². The van der Waals surface area contributed by atoms with E-state index >= 15 is 0 Å². The van der Waals surface area contributed by atoms with E-state index in [4.69, 9.17) is 13.9 Å². The van der Waals surface area contributed by atoms with Crippen LogP contribution in [0.4, 0.5) is 0 Å². The Morgan fingerprint density at radius 3 is 2.71 bits per heavy atom. The highest BCUT2D eigenvalue weighted by Gasteiger charge is 2.82. The summed E-state index contributed by atoms with van der Waals surface area (Å²) >= 11 is 0. The van der Waals surface area contributed by atoms with E-state index in [0.717, 1.165) is 19.3 Å². The van der Waals surface area contributed by atoms with Gasteiger partial charge in [0.2, 0.25) is 0 Å². The van der Waals surface area contributed by atoms with E-state index in [1.54, 1.807) is 0 Å². The first-order valence-electron chi connectivity index (χ1n) is 10.9. The normalized spacial score (nSPS) is 46.8. The van der Waals surface area contributed by atoms with Gasteiger partial charge in [0.1, 0.15) is 35.8 Å². The van der Waals surface area contributed by atoms with Crippen molar-refractivity contribution < 1.29 is 25.5 Å². The average Bonchev–Trinajstić information content (AvgIpc) is 3.56. The summed E-state index contributed by atoms with van der Waals surface area (Å²) in [6, 6.07) is 0. The Balaban J connectivity index is 0.000000664. The zero-order chi connectivity index (χ0) is 20.1. The number of fused-ring (bicyclic) bond motifs is 5. The van der Waals surface area contributed by atoms with Crippen LogP contribution in [-0.2, 0) is 22.5 Å². The summed E-state index contributed by atoms with van der Waals surface area (Å²) < 4.78 is 18.0. The summed E-state index contributed by atoms with van der Waals surface area (Å²) in [5.74, 6) is 1.27. The molecule has 1 aromatic rings. The van der Waals surface area contributed by atoms with Crippen LogP contribution in [0.5, 0.6) is 0 Å². The first-order valence-corrected chi connectivity index (χ1v) is 10.9. The Kier molecular flexibility index (Phi) is 3.85. The Hall–Kier alpha value is -1.14. The lowest BCUT2D eigenvalue weighted by Crippen LogP contribution is -2.57. The van der Waals surface area contributed by atoms with E-state index in [0.29, 0.717) is 11.7 Å². The molecule has 3 aliphatic carbocycles. The maximum atomic E-state index is 11.3. The molecule has 0 bridgehead atoms. The summed E-state index contributed by atoms with van der Waals surface area (Å²) in [5.41, 5.74) is 2.56. The molecular weight excluding hydrogens is 356 g/mol. The quantitative estimate of drug-likeness (QED) is 0.594. The van der Waals surface area contributed by atoms with Gasteiger partial charge in [-0.25, -0.2) is 0 Å². The Labute approximate surface area is 168 Å². The highest BCUT2D eigenvalue weighted by atomic mass is 16.7. The molecule has 28 heavy (non-hydrogen) atoms. The van der Waals surface area contributed by atoms with Gasteiger partial charge in [0.25, 0.3) is 0 Å². The number of ether oxygens (including phenoxy) is 2. The lowest BCUT2D eigenvalue weighted by atomic mass is 9.51. The molecule has 0 aromatic carbocycles. The molecule has 156 valence electrons. The molecule has 7 atom stereocenters. The molecule has 1 aromatic heterocycles. The van der Waals surface area contributed by atoms with E-state index in [1.165, 1.54) is 16.7 Å². The van der Waals surface area contributed by atoms with Crippen LogP contribution in [0.3, 0.4) is 0 Å². The summed E-state index contributed by atoms with van der Waals surface area (Å²) in [7, 11) is 0. The van der Waals surface area contributed by atoms with Crippen molar-refractivity contribution in [2.75, 3.05) is 0 Å². The maximum Gasteiger partial charge on any atom is 0.145 e. The molecule has 1 saturated carbocycles. The molecule has 2 aliphatic heterocycles. The zero-order valence-electron chi connectivity index (χ0n) is 17.5. The van der Waals surface area contributed by atoms with Crippen LogP contribution in [-0.4, -0.2) is 39.7 Å². The number of hydrogen-bond donors (Lipinski definition) is 2.